The molecule has 82 valence electrons. The largest absolute Gasteiger partial charge is 0.464 e. The fraction of sp³-hybridized carbons (Fsp3) is 0.500. The van der Waals surface area contributed by atoms with Gasteiger partial charge in [-0.3, -0.25) is 0 Å². The Balaban J connectivity index is 2.16. The van der Waals surface area contributed by atoms with Crippen molar-refractivity contribution in [1.82, 2.24) is 10.2 Å². The van der Waals surface area contributed by atoms with Gasteiger partial charge >= 0.3 is 5.97 Å². The van der Waals surface area contributed by atoms with Gasteiger partial charge in [0, 0.05) is 6.54 Å². The Morgan fingerprint density at radius 1 is 1.80 bits per heavy atom. The summed E-state index contributed by atoms with van der Waals surface area (Å²) in [7, 11) is 0. The summed E-state index contributed by atoms with van der Waals surface area (Å²) in [6, 6.07) is -0.315. The van der Waals surface area contributed by atoms with E-state index in [-0.39, 0.29) is 17.0 Å². The fourth-order valence-corrected chi connectivity index (χ4v) is 2.40. The normalized spacial score (nSPS) is 28.1. The number of halogens is 1. The smallest absolute Gasteiger partial charge is 0.332 e. The molecule has 2 aliphatic rings. The number of carbonyl (C=O) groups is 1. The van der Waals surface area contributed by atoms with Gasteiger partial charge in [0.05, 0.1) is 6.61 Å². The van der Waals surface area contributed by atoms with E-state index >= 15 is 0 Å². The van der Waals surface area contributed by atoms with Crippen LogP contribution in [0.1, 0.15) is 6.92 Å². The van der Waals surface area contributed by atoms with Gasteiger partial charge < -0.3 is 15.0 Å². The molecule has 0 unspecified atom stereocenters. The monoisotopic (exact) mass is 272 g/mol. The van der Waals surface area contributed by atoms with Crippen molar-refractivity contribution >= 4 is 21.9 Å². The number of ether oxygens (including phenoxy) is 1. The van der Waals surface area contributed by atoms with Crippen LogP contribution in [0.5, 0.6) is 0 Å². The first-order chi connectivity index (χ1) is 7.24. The highest BCUT2D eigenvalue weighted by molar-refractivity contribution is 9.09. The lowest BCUT2D eigenvalue weighted by atomic mass is 10.2. The molecule has 2 aliphatic heterocycles. The van der Waals surface area contributed by atoms with Crippen molar-refractivity contribution in [3.05, 3.63) is 24.0 Å². The number of hydrogen-bond donors (Lipinski definition) is 1. The number of hydrogen-bond acceptors (Lipinski definition) is 4. The van der Waals surface area contributed by atoms with Crippen molar-refractivity contribution < 1.29 is 9.53 Å². The molecular formula is C10H13BrN2O2. The van der Waals surface area contributed by atoms with Crippen molar-refractivity contribution in [2.45, 2.75) is 17.9 Å². The average molecular weight is 273 g/mol. The Kier molecular flexibility index (Phi) is 3.00. The van der Waals surface area contributed by atoms with E-state index in [1.54, 1.807) is 0 Å². The number of nitrogens with one attached hydrogen (secondary N) is 1. The second kappa shape index (κ2) is 4.26. The summed E-state index contributed by atoms with van der Waals surface area (Å²) < 4.78 is 5.03. The molecule has 1 N–H and O–H groups in total. The molecule has 0 spiro atoms. The van der Waals surface area contributed by atoms with Gasteiger partial charge in [-0.25, -0.2) is 4.79 Å². The van der Waals surface area contributed by atoms with E-state index in [2.05, 4.69) is 21.2 Å². The lowest BCUT2D eigenvalue weighted by Crippen LogP contribution is -2.42. The molecule has 1 fully saturated rings. The third-order valence-corrected chi connectivity index (χ3v) is 3.17. The van der Waals surface area contributed by atoms with E-state index in [4.69, 9.17) is 4.74 Å². The molecule has 0 radical (unpaired) electrons. The molecule has 2 atom stereocenters. The minimum absolute atomic E-state index is 0.142. The predicted octanol–water partition coefficient (Wildman–Crippen LogP) is 0.956. The van der Waals surface area contributed by atoms with E-state index in [0.717, 1.165) is 12.4 Å². The number of carbonyl (C=O) groups excluding carboxylic acids is 1. The van der Waals surface area contributed by atoms with Gasteiger partial charge in [-0.1, -0.05) is 28.1 Å². The van der Waals surface area contributed by atoms with Crippen LogP contribution in [-0.4, -0.2) is 35.0 Å². The molecule has 0 aliphatic carbocycles. The maximum atomic E-state index is 11.7. The molecule has 2 heterocycles. The molecule has 0 amide bonds. The number of allylic oxidation sites excluding steroid dienone is 2. The summed E-state index contributed by atoms with van der Waals surface area (Å²) in [5.41, 5.74) is 0. The van der Waals surface area contributed by atoms with Gasteiger partial charge in [-0.2, -0.15) is 0 Å². The third-order valence-electron chi connectivity index (χ3n) is 2.41. The van der Waals surface area contributed by atoms with Gasteiger partial charge in [0.1, 0.15) is 16.8 Å². The van der Waals surface area contributed by atoms with E-state index < -0.39 is 0 Å². The lowest BCUT2D eigenvalue weighted by Gasteiger charge is -2.30. The second-order valence-corrected chi connectivity index (χ2v) is 4.41. The zero-order chi connectivity index (χ0) is 10.8. The van der Waals surface area contributed by atoms with Gasteiger partial charge in [0.2, 0.25) is 0 Å². The number of esters is 1. The Morgan fingerprint density at radius 2 is 2.60 bits per heavy atom. The van der Waals surface area contributed by atoms with Gasteiger partial charge in [-0.05, 0) is 13.0 Å². The highest BCUT2D eigenvalue weighted by Gasteiger charge is 2.36. The standard InChI is InChI=1S/C10H13BrN2O2/c1-2-15-10(14)7-4-3-5-9-12-6-8(11)13(7)9/h3-5,7-8,12H,2,6H2,1H3/t7-,8+/m0/s1. The van der Waals surface area contributed by atoms with Crippen LogP contribution in [0.4, 0.5) is 0 Å². The highest BCUT2D eigenvalue weighted by Crippen LogP contribution is 2.26. The van der Waals surface area contributed by atoms with Gasteiger partial charge in [-0.15, -0.1) is 0 Å². The molecule has 4 nitrogen and oxygen atoms in total. The van der Waals surface area contributed by atoms with Crippen LogP contribution in [0.3, 0.4) is 0 Å². The van der Waals surface area contributed by atoms with Crippen molar-refractivity contribution in [2.24, 2.45) is 0 Å². The molecule has 2 rings (SSSR count). The molecule has 0 saturated carbocycles. The van der Waals surface area contributed by atoms with E-state index in [0.29, 0.717) is 6.61 Å². The van der Waals surface area contributed by atoms with Crippen LogP contribution in [0, 0.1) is 0 Å². The average Bonchev–Trinajstić information content (AvgIpc) is 2.61. The van der Waals surface area contributed by atoms with E-state index in [9.17, 15) is 4.79 Å². The topological polar surface area (TPSA) is 41.6 Å². The Labute approximate surface area is 97.1 Å². The summed E-state index contributed by atoms with van der Waals surface area (Å²) >= 11 is 3.52. The van der Waals surface area contributed by atoms with E-state index in [1.165, 1.54) is 0 Å². The summed E-state index contributed by atoms with van der Waals surface area (Å²) in [6.07, 6.45) is 5.69. The molecular weight excluding hydrogens is 260 g/mol. The second-order valence-electron chi connectivity index (χ2n) is 3.36. The summed E-state index contributed by atoms with van der Waals surface area (Å²) in [4.78, 5) is 13.8. The zero-order valence-electron chi connectivity index (χ0n) is 8.44. The first-order valence-electron chi connectivity index (χ1n) is 4.95. The van der Waals surface area contributed by atoms with Crippen molar-refractivity contribution in [3.63, 3.8) is 0 Å². The SMILES string of the molecule is CCOC(=O)[C@@H]1C=CC=C2NC[C@H](Br)N21. The number of rotatable bonds is 2. The first kappa shape index (κ1) is 10.5. The van der Waals surface area contributed by atoms with Crippen LogP contribution < -0.4 is 5.32 Å². The van der Waals surface area contributed by atoms with Crippen molar-refractivity contribution in [3.8, 4) is 0 Å². The molecule has 15 heavy (non-hydrogen) atoms. The van der Waals surface area contributed by atoms with Crippen molar-refractivity contribution in [2.75, 3.05) is 13.2 Å². The molecule has 5 heteroatoms. The van der Waals surface area contributed by atoms with Crippen LogP contribution in [0.25, 0.3) is 0 Å². The van der Waals surface area contributed by atoms with Crippen LogP contribution in [-0.2, 0) is 9.53 Å². The van der Waals surface area contributed by atoms with Gasteiger partial charge in [0.25, 0.3) is 0 Å². The predicted molar refractivity (Wildman–Crippen MR) is 60.2 cm³/mol. The van der Waals surface area contributed by atoms with Crippen LogP contribution in [0.15, 0.2) is 24.0 Å². The third kappa shape index (κ3) is 1.88. The molecule has 1 saturated heterocycles. The summed E-state index contributed by atoms with van der Waals surface area (Å²) in [5, 5.41) is 3.22. The Hall–Kier alpha value is -0.970. The zero-order valence-corrected chi connectivity index (χ0v) is 10.0. The van der Waals surface area contributed by atoms with Crippen molar-refractivity contribution in [1.29, 1.82) is 0 Å². The van der Waals surface area contributed by atoms with Crippen LogP contribution >= 0.6 is 15.9 Å². The van der Waals surface area contributed by atoms with Crippen LogP contribution in [0.2, 0.25) is 0 Å². The quantitative estimate of drug-likeness (QED) is 0.462. The fourth-order valence-electron chi connectivity index (χ4n) is 1.76. The molecule has 0 aromatic carbocycles. The Bertz CT molecular complexity index is 327. The number of alkyl halides is 1. The van der Waals surface area contributed by atoms with Gasteiger partial charge in [0.15, 0.2) is 0 Å². The number of nitrogens with zero attached hydrogens (tertiary/aromatic N) is 1. The molecule has 0 aromatic rings. The highest BCUT2D eigenvalue weighted by atomic mass is 79.9. The summed E-state index contributed by atoms with van der Waals surface area (Å²) in [6.45, 7) is 3.02. The maximum Gasteiger partial charge on any atom is 0.332 e. The van der Waals surface area contributed by atoms with E-state index in [1.807, 2.05) is 30.1 Å². The minimum atomic E-state index is -0.315. The summed E-state index contributed by atoms with van der Waals surface area (Å²) in [5.74, 6) is 0.768. The minimum Gasteiger partial charge on any atom is -0.464 e. The maximum absolute atomic E-state index is 11.7. The lowest BCUT2D eigenvalue weighted by molar-refractivity contribution is -0.146. The molecule has 0 aromatic heterocycles. The Morgan fingerprint density at radius 3 is 3.33 bits per heavy atom. The number of fused-ring (bicyclic) bond motifs is 1. The molecule has 0 bridgehead atoms. The first-order valence-corrected chi connectivity index (χ1v) is 5.87.